The van der Waals surface area contributed by atoms with Crippen LogP contribution in [0, 0.1) is 55.7 Å². The van der Waals surface area contributed by atoms with E-state index in [2.05, 4.69) is 64.6 Å². The Morgan fingerprint density at radius 3 is 1.13 bits per heavy atom. The molecule has 12 heterocycles. The normalized spacial score (nSPS) is 15.7. The molecule has 15 rings (SSSR count). The number of carbonyl (C=O) groups excluding carboxylic acids is 3. The molecule has 3 aromatic carbocycles. The van der Waals surface area contributed by atoms with Crippen molar-refractivity contribution >= 4 is 103 Å². The van der Waals surface area contributed by atoms with Crippen LogP contribution in [0.2, 0.25) is 0 Å². The first-order valence-corrected chi connectivity index (χ1v) is 45.2. The van der Waals surface area contributed by atoms with E-state index >= 15 is 26.3 Å². The van der Waals surface area contributed by atoms with Gasteiger partial charge in [-0.15, -0.1) is 23.5 Å². The summed E-state index contributed by atoms with van der Waals surface area (Å²) in [5, 5.41) is 0.844. The van der Waals surface area contributed by atoms with Crippen LogP contribution in [-0.4, -0.2) is 191 Å². The summed E-state index contributed by atoms with van der Waals surface area (Å²) in [5.74, 6) is -4.32. The van der Waals surface area contributed by atoms with Crippen LogP contribution in [0.15, 0.2) is 177 Å². The number of amides is 3. The highest BCUT2D eigenvalue weighted by Gasteiger charge is 2.36. The molecule has 1 unspecified atom stereocenters. The minimum Gasteiger partial charge on any atom is -0.350 e. The summed E-state index contributed by atoms with van der Waals surface area (Å²) in [6.45, 7) is 37.0. The molecule has 0 radical (unpaired) electrons. The third-order valence-corrected chi connectivity index (χ3v) is 25.1. The number of nitrogens with zero attached hydrogens (tertiary/aromatic N) is 18. The van der Waals surface area contributed by atoms with E-state index in [0.29, 0.717) is 109 Å². The van der Waals surface area contributed by atoms with Crippen molar-refractivity contribution in [2.45, 2.75) is 134 Å². The second kappa shape index (κ2) is 38.3. The molecule has 0 aliphatic carbocycles. The Balaban J connectivity index is 0.000000163. The van der Waals surface area contributed by atoms with Crippen molar-refractivity contribution in [3.8, 4) is 50.8 Å². The fraction of sp³-hybridized carbons (Fsp3) is 0.323. The number of carbonyl (C=O) groups is 3. The highest BCUT2D eigenvalue weighted by molar-refractivity contribution is 7.98. The molecule has 9 aromatic heterocycles. The number of pyridine rings is 6. The maximum atomic E-state index is 16.0. The van der Waals surface area contributed by atoms with Crippen LogP contribution in [0.3, 0.4) is 0 Å². The molecule has 127 heavy (non-hydrogen) atoms. The Bertz CT molecular complexity index is 6440. The molecular weight excluding hydrogens is 1690 g/mol. The number of hydrogen-bond acceptors (Lipinski definition) is 21. The van der Waals surface area contributed by atoms with Gasteiger partial charge in [-0.25, -0.2) is 69.4 Å². The Kier molecular flexibility index (Phi) is 27.8. The summed E-state index contributed by atoms with van der Waals surface area (Å²) in [6, 6.07) is 21.4. The number of hydrogen-bond donors (Lipinski definition) is 0. The van der Waals surface area contributed by atoms with Crippen molar-refractivity contribution in [1.82, 2.24) is 73.3 Å². The van der Waals surface area contributed by atoms with E-state index in [9.17, 15) is 33.0 Å². The van der Waals surface area contributed by atoms with Gasteiger partial charge in [0.2, 0.25) is 17.7 Å². The largest absolute Gasteiger partial charge is 0.355 e. The summed E-state index contributed by atoms with van der Waals surface area (Å²) in [7, 11) is -1.44. The zero-order valence-corrected chi connectivity index (χ0v) is 75.4. The maximum Gasteiger partial charge on any atom is 0.355 e. The highest BCUT2D eigenvalue weighted by Crippen LogP contribution is 2.41. The quantitative estimate of drug-likeness (QED) is 0.0439. The second-order valence-electron chi connectivity index (χ2n) is 32.1. The van der Waals surface area contributed by atoms with Crippen molar-refractivity contribution in [3.63, 3.8) is 0 Å². The molecule has 0 spiro atoms. The molecule has 3 amide bonds. The monoisotopic (exact) mass is 1790 g/mol. The summed E-state index contributed by atoms with van der Waals surface area (Å²) < 4.78 is 110. The van der Waals surface area contributed by atoms with E-state index in [-0.39, 0.29) is 132 Å². The lowest BCUT2D eigenvalue weighted by Gasteiger charge is -2.40. The number of aromatic nitrogens is 12. The number of fused-ring (bicyclic) bond motifs is 3. The van der Waals surface area contributed by atoms with E-state index in [1.54, 1.807) is 82.0 Å². The average Bonchev–Trinajstić information content (AvgIpc) is 0.742. The molecule has 0 N–H and O–H groups in total. The van der Waals surface area contributed by atoms with Crippen LogP contribution in [0.4, 0.5) is 43.8 Å². The zero-order chi connectivity index (χ0) is 91.7. The average molecular weight is 1790 g/mol. The Morgan fingerprint density at radius 1 is 0.441 bits per heavy atom. The fourth-order valence-corrected chi connectivity index (χ4v) is 17.8. The summed E-state index contributed by atoms with van der Waals surface area (Å²) in [5.41, 5.74) is 3.33. The van der Waals surface area contributed by atoms with E-state index in [0.717, 1.165) is 27.7 Å². The van der Waals surface area contributed by atoms with Crippen molar-refractivity contribution in [2.24, 2.45) is 0 Å². The summed E-state index contributed by atoms with van der Waals surface area (Å²) >= 11 is 2.61. The number of anilines is 3. The second-order valence-corrected chi connectivity index (χ2v) is 35.2. The first-order valence-electron chi connectivity index (χ1n) is 41.2. The summed E-state index contributed by atoms with van der Waals surface area (Å²) in [6.07, 6.45) is 13.8. The van der Waals surface area contributed by atoms with Gasteiger partial charge in [-0.2, -0.15) is 15.0 Å². The number of halogens is 6. The highest BCUT2D eigenvalue weighted by atomic mass is 32.2. The van der Waals surface area contributed by atoms with Crippen LogP contribution >= 0.6 is 23.5 Å². The van der Waals surface area contributed by atoms with Crippen molar-refractivity contribution < 1.29 is 44.9 Å². The topological polar surface area (TPSA) is 270 Å². The van der Waals surface area contributed by atoms with Gasteiger partial charge in [0.1, 0.15) is 69.4 Å². The number of piperazine rings is 3. The maximum absolute atomic E-state index is 16.0. The molecule has 34 heteroatoms. The van der Waals surface area contributed by atoms with Gasteiger partial charge >= 0.3 is 17.1 Å². The lowest BCUT2D eigenvalue weighted by molar-refractivity contribution is -0.127. The standard InChI is InChI=1S/C31H32F2N6O3S.2C31H32F2N6O2S/c1-7-25(40)37-12-13-38(19(5)16-37)29-22-15-24(33)27(21-9-8-20(43(6)42)14-23(21)32)35-30(22)39(31(41)36-29)28-18(4)10-11-34-26(28)17(2)3;1-7-25(40)37-12-13-38(19(5)16-37)29-22-15-24(33)27(21-14-20(42-6)8-9-23(21)32)35-30(22)39(31(41)36-29)28-18(4)10-11-34-26(28)17(2)3;1-7-24(40)37-13-14-38(19(5)16-37)29-21-15-22(32)27(20-9-8-10-23(42-6)25(20)33)35-30(21)39(31(41)36-29)28-18(4)11-12-34-26(28)17(2)3/h7-11,14-15,17,19H,1,12-13,16H2,2-6H3;7-11,14-15,17,19H,1,12-13,16H2,2-6H3;7-12,15,17,19H,1,13-14,16H2,2-6H3/t19-,43?;2*19-/m000/s1. The van der Waals surface area contributed by atoms with E-state index in [4.69, 9.17) is 0 Å². The molecule has 12 aromatic rings. The van der Waals surface area contributed by atoms with E-state index in [1.165, 1.54) is 104 Å². The zero-order valence-electron chi connectivity index (χ0n) is 73.0. The molecule has 660 valence electrons. The number of rotatable bonds is 18. The predicted octanol–water partition coefficient (Wildman–Crippen LogP) is 15.5. The van der Waals surface area contributed by atoms with Crippen molar-refractivity contribution in [3.05, 3.63) is 248 Å². The molecule has 3 fully saturated rings. The van der Waals surface area contributed by atoms with Gasteiger partial charge in [0.05, 0.1) is 50.3 Å². The van der Waals surface area contributed by atoms with E-state index < -0.39 is 62.8 Å². The molecule has 0 saturated carbocycles. The Labute approximate surface area is 740 Å². The number of aryl methyl sites for hydroxylation is 3. The van der Waals surface area contributed by atoms with Gasteiger partial charge in [-0.1, -0.05) is 67.3 Å². The minimum atomic E-state index is -1.44. The van der Waals surface area contributed by atoms with Crippen molar-refractivity contribution in [1.29, 1.82) is 0 Å². The van der Waals surface area contributed by atoms with Crippen molar-refractivity contribution in [2.75, 3.05) is 92.4 Å². The molecule has 3 aliphatic rings. The molecular formula is C93H96F6N18O7S3. The molecule has 25 nitrogen and oxygen atoms in total. The van der Waals surface area contributed by atoms with Gasteiger partial charge < -0.3 is 29.4 Å². The van der Waals surface area contributed by atoms with Gasteiger partial charge in [0.15, 0.2) is 16.9 Å². The van der Waals surface area contributed by atoms with Crippen LogP contribution < -0.4 is 31.8 Å². The number of thioether (sulfide) groups is 2. The Hall–Kier alpha value is -12.6. The van der Waals surface area contributed by atoms with Gasteiger partial charge in [0.25, 0.3) is 0 Å². The predicted molar refractivity (Wildman–Crippen MR) is 488 cm³/mol. The first kappa shape index (κ1) is 92.1. The first-order chi connectivity index (χ1) is 60.5. The molecule has 4 atom stereocenters. The van der Waals surface area contributed by atoms with Gasteiger partial charge in [-0.3, -0.25) is 33.5 Å². The molecule has 0 bridgehead atoms. The number of benzene rings is 3. The third-order valence-electron chi connectivity index (χ3n) is 22.7. The SMILES string of the molecule is C=CC(=O)N1CCN(c2nc(=O)n(-c3c(C)ccnc3C(C)C)c3nc(-c4cc(SC)ccc4F)c(F)cc23)[C@@H](C)C1.C=CC(=O)N1CCN(c2nc(=O)n(-c3c(C)ccnc3C(C)C)c3nc(-c4ccc(S(C)=O)cc4F)c(F)cc23)[C@@H](C)C1.C=CC(=O)N1CCN(c2nc(=O)n(-c3c(C)ccnc3C(C)C)c3nc(-c4cccc(SC)c4F)c(F)cc23)[C@@H](C)C1. The van der Waals surface area contributed by atoms with Crippen LogP contribution in [0.5, 0.6) is 0 Å². The smallest absolute Gasteiger partial charge is 0.350 e. The Morgan fingerprint density at radius 2 is 0.803 bits per heavy atom. The fourth-order valence-electron chi connectivity index (χ4n) is 16.3. The van der Waals surface area contributed by atoms with Crippen LogP contribution in [-0.2, 0) is 25.2 Å². The molecule has 3 aliphatic heterocycles. The molecule has 3 saturated heterocycles. The summed E-state index contributed by atoms with van der Waals surface area (Å²) in [4.78, 5) is 132. The van der Waals surface area contributed by atoms with Gasteiger partial charge in [-0.05, 0) is 192 Å². The third kappa shape index (κ3) is 18.2. The minimum absolute atomic E-state index is 0.00415. The van der Waals surface area contributed by atoms with E-state index in [1.807, 2.05) is 104 Å². The van der Waals surface area contributed by atoms with Gasteiger partial charge in [0, 0.05) is 144 Å². The van der Waals surface area contributed by atoms with Crippen LogP contribution in [0.25, 0.3) is 83.9 Å². The lowest BCUT2D eigenvalue weighted by Crippen LogP contribution is -2.54. The lowest BCUT2D eigenvalue weighted by atomic mass is 10.0. The van der Waals surface area contributed by atoms with Crippen LogP contribution in [0.1, 0.15) is 114 Å².